The van der Waals surface area contributed by atoms with E-state index >= 15 is 0 Å². The Bertz CT molecular complexity index is 800. The molecule has 6 heteroatoms. The lowest BCUT2D eigenvalue weighted by molar-refractivity contribution is -0.133. The number of hydrogen-bond acceptors (Lipinski definition) is 3. The molecule has 1 aliphatic heterocycles. The van der Waals surface area contributed by atoms with Crippen LogP contribution < -0.4 is 5.73 Å². The van der Waals surface area contributed by atoms with Crippen LogP contribution in [0.2, 0.25) is 0 Å². The van der Waals surface area contributed by atoms with Crippen molar-refractivity contribution in [2.24, 2.45) is 11.7 Å². The van der Waals surface area contributed by atoms with Crippen molar-refractivity contribution in [3.8, 4) is 6.07 Å². The predicted molar refractivity (Wildman–Crippen MR) is 97.5 cm³/mol. The number of amides is 1. The van der Waals surface area contributed by atoms with E-state index in [0.717, 1.165) is 0 Å². The highest BCUT2D eigenvalue weighted by Gasteiger charge is 2.38. The van der Waals surface area contributed by atoms with Crippen LogP contribution in [0.5, 0.6) is 0 Å². The topological polar surface area (TPSA) is 70.1 Å². The fourth-order valence-corrected chi connectivity index (χ4v) is 3.69. The number of halogens is 2. The molecule has 0 aliphatic carbocycles. The first-order valence-electron chi connectivity index (χ1n) is 8.87. The van der Waals surface area contributed by atoms with Gasteiger partial charge in [-0.2, -0.15) is 5.26 Å². The van der Waals surface area contributed by atoms with Crippen molar-refractivity contribution in [1.29, 1.82) is 5.26 Å². The van der Waals surface area contributed by atoms with Crippen LogP contribution in [0, 0.1) is 28.9 Å². The number of nitriles is 1. The van der Waals surface area contributed by atoms with E-state index < -0.39 is 29.6 Å². The molecule has 0 bridgehead atoms. The fraction of sp³-hybridized carbons (Fsp3) is 0.333. The Morgan fingerprint density at radius 3 is 2.04 bits per heavy atom. The molecular weight excluding hydrogens is 348 g/mol. The van der Waals surface area contributed by atoms with Crippen molar-refractivity contribution >= 4 is 5.91 Å². The van der Waals surface area contributed by atoms with E-state index in [-0.39, 0.29) is 11.8 Å². The second-order valence-corrected chi connectivity index (χ2v) is 7.08. The Morgan fingerprint density at radius 2 is 1.59 bits per heavy atom. The van der Waals surface area contributed by atoms with Crippen LogP contribution in [-0.4, -0.2) is 29.4 Å². The summed E-state index contributed by atoms with van der Waals surface area (Å²) in [6.45, 7) is 2.46. The average molecular weight is 369 g/mol. The molecule has 3 rings (SSSR count). The van der Waals surface area contributed by atoms with Crippen molar-refractivity contribution in [3.63, 3.8) is 0 Å². The van der Waals surface area contributed by atoms with Gasteiger partial charge in [-0.3, -0.25) is 4.79 Å². The van der Waals surface area contributed by atoms with Crippen molar-refractivity contribution in [2.45, 2.75) is 31.3 Å². The first-order chi connectivity index (χ1) is 12.9. The van der Waals surface area contributed by atoms with Gasteiger partial charge in [0.05, 0.1) is 12.1 Å². The van der Waals surface area contributed by atoms with Gasteiger partial charge >= 0.3 is 0 Å². The molecule has 0 unspecified atom stereocenters. The molecule has 1 aliphatic rings. The fourth-order valence-electron chi connectivity index (χ4n) is 3.69. The summed E-state index contributed by atoms with van der Waals surface area (Å²) in [5, 5.41) is 9.35. The molecule has 0 radical (unpaired) electrons. The minimum atomic E-state index is -0.970. The molecule has 0 saturated carbocycles. The number of rotatable bonds is 4. The molecule has 1 amide bonds. The van der Waals surface area contributed by atoms with Crippen LogP contribution >= 0.6 is 0 Å². The lowest BCUT2D eigenvalue weighted by atomic mass is 9.84. The first kappa shape index (κ1) is 19.0. The Labute approximate surface area is 157 Å². The summed E-state index contributed by atoms with van der Waals surface area (Å²) in [5.74, 6) is -1.47. The minimum absolute atomic E-state index is 0.223. The zero-order chi connectivity index (χ0) is 19.6. The standard InChI is InChI=1S/C21H21F2N3O/c1-13-10-18(11-24)26(12-13)21(27)20(25)19(14-2-6-16(22)7-3-14)15-4-8-17(23)9-5-15/h2-9,13,18-20H,10,12,25H2,1H3/t13-,18-,20-/m0/s1. The van der Waals surface area contributed by atoms with Crippen LogP contribution in [0.1, 0.15) is 30.4 Å². The van der Waals surface area contributed by atoms with Gasteiger partial charge in [0, 0.05) is 12.5 Å². The number of nitrogens with zero attached hydrogens (tertiary/aromatic N) is 2. The second-order valence-electron chi connectivity index (χ2n) is 7.08. The quantitative estimate of drug-likeness (QED) is 0.900. The Kier molecular flexibility index (Phi) is 5.52. The van der Waals surface area contributed by atoms with Crippen LogP contribution in [0.3, 0.4) is 0 Å². The zero-order valence-corrected chi connectivity index (χ0v) is 15.0. The third-order valence-electron chi connectivity index (χ3n) is 5.04. The van der Waals surface area contributed by atoms with Gasteiger partial charge in [0.25, 0.3) is 0 Å². The maximum atomic E-state index is 13.4. The molecule has 1 heterocycles. The highest BCUT2D eigenvalue weighted by molar-refractivity contribution is 5.84. The molecule has 1 saturated heterocycles. The first-order valence-corrected chi connectivity index (χ1v) is 8.87. The van der Waals surface area contributed by atoms with E-state index in [9.17, 15) is 18.8 Å². The lowest BCUT2D eigenvalue weighted by Gasteiger charge is -2.29. The molecular formula is C21H21F2N3O. The SMILES string of the molecule is C[C@H]1C[C@@H](C#N)N(C(=O)[C@@H](N)C(c2ccc(F)cc2)c2ccc(F)cc2)C1. The number of benzene rings is 2. The molecule has 4 nitrogen and oxygen atoms in total. The maximum absolute atomic E-state index is 13.4. The summed E-state index contributed by atoms with van der Waals surface area (Å²) < 4.78 is 26.7. The van der Waals surface area contributed by atoms with Gasteiger partial charge in [-0.15, -0.1) is 0 Å². The van der Waals surface area contributed by atoms with Crippen LogP contribution in [0.25, 0.3) is 0 Å². The molecule has 0 spiro atoms. The second kappa shape index (κ2) is 7.85. The molecule has 3 atom stereocenters. The van der Waals surface area contributed by atoms with Gasteiger partial charge in [0.15, 0.2) is 0 Å². The minimum Gasteiger partial charge on any atom is -0.325 e. The Hall–Kier alpha value is -2.78. The normalized spacial score (nSPS) is 20.5. The molecule has 2 aromatic rings. The van der Waals surface area contributed by atoms with E-state index in [1.807, 2.05) is 6.92 Å². The predicted octanol–water partition coefficient (Wildman–Crippen LogP) is 3.18. The number of nitrogens with two attached hydrogens (primary N) is 1. The Morgan fingerprint density at radius 1 is 1.11 bits per heavy atom. The molecule has 0 aromatic heterocycles. The van der Waals surface area contributed by atoms with Crippen LogP contribution in [0.15, 0.2) is 48.5 Å². The molecule has 140 valence electrons. The van der Waals surface area contributed by atoms with E-state index in [1.165, 1.54) is 29.2 Å². The van der Waals surface area contributed by atoms with Crippen molar-refractivity contribution in [3.05, 3.63) is 71.3 Å². The summed E-state index contributed by atoms with van der Waals surface area (Å²) >= 11 is 0. The van der Waals surface area contributed by atoms with Gasteiger partial charge in [0.2, 0.25) is 5.91 Å². The summed E-state index contributed by atoms with van der Waals surface area (Å²) in [4.78, 5) is 14.6. The van der Waals surface area contributed by atoms with Gasteiger partial charge in [0.1, 0.15) is 17.7 Å². The third kappa shape index (κ3) is 3.99. The maximum Gasteiger partial charge on any atom is 0.241 e. The Balaban J connectivity index is 1.96. The molecule has 2 N–H and O–H groups in total. The van der Waals surface area contributed by atoms with Crippen molar-refractivity contribution in [2.75, 3.05) is 6.54 Å². The third-order valence-corrected chi connectivity index (χ3v) is 5.04. The van der Waals surface area contributed by atoms with Crippen LogP contribution in [-0.2, 0) is 4.79 Å². The largest absolute Gasteiger partial charge is 0.325 e. The lowest BCUT2D eigenvalue weighted by Crippen LogP contribution is -2.48. The molecule has 2 aromatic carbocycles. The number of hydrogen-bond donors (Lipinski definition) is 1. The van der Waals surface area contributed by atoms with Gasteiger partial charge < -0.3 is 10.6 Å². The highest BCUT2D eigenvalue weighted by atomic mass is 19.1. The van der Waals surface area contributed by atoms with E-state index in [4.69, 9.17) is 5.73 Å². The van der Waals surface area contributed by atoms with Gasteiger partial charge in [-0.1, -0.05) is 31.2 Å². The van der Waals surface area contributed by atoms with E-state index in [2.05, 4.69) is 6.07 Å². The van der Waals surface area contributed by atoms with E-state index in [1.54, 1.807) is 24.3 Å². The summed E-state index contributed by atoms with van der Waals surface area (Å²) in [5.41, 5.74) is 7.67. The number of carbonyl (C=O) groups is 1. The molecule has 27 heavy (non-hydrogen) atoms. The number of likely N-dealkylation sites (tertiary alicyclic amines) is 1. The van der Waals surface area contributed by atoms with E-state index in [0.29, 0.717) is 24.1 Å². The smallest absolute Gasteiger partial charge is 0.241 e. The monoisotopic (exact) mass is 369 g/mol. The number of carbonyl (C=O) groups excluding carboxylic acids is 1. The zero-order valence-electron chi connectivity index (χ0n) is 15.0. The van der Waals surface area contributed by atoms with Crippen molar-refractivity contribution < 1.29 is 13.6 Å². The van der Waals surface area contributed by atoms with Crippen molar-refractivity contribution in [1.82, 2.24) is 4.90 Å². The molecule has 1 fully saturated rings. The summed E-state index contributed by atoms with van der Waals surface area (Å²) in [7, 11) is 0. The summed E-state index contributed by atoms with van der Waals surface area (Å²) in [6, 6.07) is 12.2. The summed E-state index contributed by atoms with van der Waals surface area (Å²) in [6.07, 6.45) is 0.618. The van der Waals surface area contributed by atoms with Crippen LogP contribution in [0.4, 0.5) is 8.78 Å². The van der Waals surface area contributed by atoms with Gasteiger partial charge in [-0.05, 0) is 47.7 Å². The van der Waals surface area contributed by atoms with Gasteiger partial charge in [-0.25, -0.2) is 8.78 Å². The highest BCUT2D eigenvalue weighted by Crippen LogP contribution is 2.31. The average Bonchev–Trinajstić information content (AvgIpc) is 3.05.